The Morgan fingerprint density at radius 2 is 2.10 bits per heavy atom. The first-order valence-electron chi connectivity index (χ1n) is 7.05. The summed E-state index contributed by atoms with van der Waals surface area (Å²) >= 11 is 5.75. The van der Waals surface area contributed by atoms with Gasteiger partial charge in [0.25, 0.3) is 5.91 Å². The van der Waals surface area contributed by atoms with Crippen molar-refractivity contribution >= 4 is 17.5 Å². The number of rotatable bonds is 4. The molecule has 3 nitrogen and oxygen atoms in total. The number of carbonyl (C=O) groups excluding carboxylic acids is 1. The zero-order valence-electron chi connectivity index (χ0n) is 11.7. The van der Waals surface area contributed by atoms with Crippen molar-refractivity contribution in [3.8, 4) is 0 Å². The van der Waals surface area contributed by atoms with Crippen molar-refractivity contribution in [1.29, 1.82) is 0 Å². The van der Waals surface area contributed by atoms with Crippen LogP contribution in [-0.4, -0.2) is 37.0 Å². The number of hydrogen-bond donors (Lipinski definition) is 1. The molecule has 1 N–H and O–H groups in total. The average molecular weight is 299 g/mol. The lowest BCUT2D eigenvalue weighted by Gasteiger charge is -2.31. The van der Waals surface area contributed by atoms with Crippen molar-refractivity contribution in [3.63, 3.8) is 0 Å². The van der Waals surface area contributed by atoms with Gasteiger partial charge in [-0.05, 0) is 56.6 Å². The monoisotopic (exact) mass is 298 g/mol. The van der Waals surface area contributed by atoms with Crippen molar-refractivity contribution in [2.45, 2.75) is 19.8 Å². The summed E-state index contributed by atoms with van der Waals surface area (Å²) in [4.78, 5) is 14.4. The highest BCUT2D eigenvalue weighted by molar-refractivity contribution is 6.31. The van der Waals surface area contributed by atoms with Crippen molar-refractivity contribution in [2.24, 2.45) is 5.92 Å². The second kappa shape index (κ2) is 7.04. The number of likely N-dealkylation sites (tertiary alicyclic amines) is 1. The number of benzene rings is 1. The number of nitrogens with zero attached hydrogens (tertiary/aromatic N) is 1. The number of piperidine rings is 1. The van der Waals surface area contributed by atoms with E-state index < -0.39 is 5.82 Å². The zero-order valence-corrected chi connectivity index (χ0v) is 12.4. The first-order chi connectivity index (χ1) is 9.58. The smallest absolute Gasteiger partial charge is 0.251 e. The highest BCUT2D eigenvalue weighted by Gasteiger charge is 2.19. The Morgan fingerprint density at radius 3 is 2.70 bits per heavy atom. The standard InChI is InChI=1S/C15H20ClFN2O/c1-2-19-5-3-11(4-6-19)10-18-15(20)12-7-13(16)9-14(17)8-12/h7-9,11H,2-6,10H2,1H3,(H,18,20). The van der Waals surface area contributed by atoms with Gasteiger partial charge in [0.1, 0.15) is 5.82 Å². The third-order valence-electron chi connectivity index (χ3n) is 3.83. The van der Waals surface area contributed by atoms with Crippen LogP contribution >= 0.6 is 11.6 Å². The predicted octanol–water partition coefficient (Wildman–Crippen LogP) is 2.94. The van der Waals surface area contributed by atoms with Crippen LogP contribution in [0.15, 0.2) is 18.2 Å². The van der Waals surface area contributed by atoms with Crippen LogP contribution in [0.2, 0.25) is 5.02 Å². The number of hydrogen-bond acceptors (Lipinski definition) is 2. The van der Waals surface area contributed by atoms with E-state index in [1.165, 1.54) is 18.2 Å². The Bertz CT molecular complexity index is 453. The van der Waals surface area contributed by atoms with E-state index in [9.17, 15) is 9.18 Å². The van der Waals surface area contributed by atoms with Crippen LogP contribution in [0, 0.1) is 11.7 Å². The molecule has 1 heterocycles. The lowest BCUT2D eigenvalue weighted by atomic mass is 9.97. The van der Waals surface area contributed by atoms with Crippen LogP contribution < -0.4 is 5.32 Å². The first kappa shape index (κ1) is 15.3. The summed E-state index contributed by atoms with van der Waals surface area (Å²) in [6.07, 6.45) is 2.19. The molecular weight excluding hydrogens is 279 g/mol. The minimum Gasteiger partial charge on any atom is -0.352 e. The molecule has 0 spiro atoms. The van der Waals surface area contributed by atoms with Crippen LogP contribution in [0.25, 0.3) is 0 Å². The van der Waals surface area contributed by atoms with Crippen LogP contribution in [0.5, 0.6) is 0 Å². The molecule has 5 heteroatoms. The van der Waals surface area contributed by atoms with Gasteiger partial charge in [-0.2, -0.15) is 0 Å². The van der Waals surface area contributed by atoms with Gasteiger partial charge >= 0.3 is 0 Å². The van der Waals surface area contributed by atoms with Gasteiger partial charge in [0.05, 0.1) is 0 Å². The second-order valence-corrected chi connectivity index (χ2v) is 5.68. The molecule has 1 aromatic carbocycles. The summed E-state index contributed by atoms with van der Waals surface area (Å²) in [7, 11) is 0. The lowest BCUT2D eigenvalue weighted by Crippen LogP contribution is -2.38. The molecule has 0 bridgehead atoms. The average Bonchev–Trinajstić information content (AvgIpc) is 2.44. The van der Waals surface area contributed by atoms with Gasteiger partial charge < -0.3 is 10.2 Å². The van der Waals surface area contributed by atoms with E-state index in [2.05, 4.69) is 17.1 Å². The fourth-order valence-electron chi connectivity index (χ4n) is 2.53. The third-order valence-corrected chi connectivity index (χ3v) is 4.05. The van der Waals surface area contributed by atoms with Crippen molar-refractivity contribution in [1.82, 2.24) is 10.2 Å². The fraction of sp³-hybridized carbons (Fsp3) is 0.533. The first-order valence-corrected chi connectivity index (χ1v) is 7.43. The Balaban J connectivity index is 1.83. The second-order valence-electron chi connectivity index (χ2n) is 5.25. The molecule has 0 aromatic heterocycles. The van der Waals surface area contributed by atoms with Crippen molar-refractivity contribution in [3.05, 3.63) is 34.6 Å². The summed E-state index contributed by atoms with van der Waals surface area (Å²) in [5.74, 6) is -0.242. The van der Waals surface area contributed by atoms with Gasteiger partial charge in [0.2, 0.25) is 0 Å². The van der Waals surface area contributed by atoms with Crippen molar-refractivity contribution < 1.29 is 9.18 Å². The molecular formula is C15H20ClFN2O. The molecule has 1 aliphatic heterocycles. The number of amides is 1. The Kier molecular flexibility index (Phi) is 5.38. The molecule has 0 aliphatic carbocycles. The topological polar surface area (TPSA) is 32.3 Å². The molecule has 1 aromatic rings. The molecule has 0 unspecified atom stereocenters. The van der Waals surface area contributed by atoms with E-state index >= 15 is 0 Å². The third kappa shape index (κ3) is 4.18. The van der Waals surface area contributed by atoms with Gasteiger partial charge in [0, 0.05) is 17.1 Å². The number of nitrogens with one attached hydrogen (secondary N) is 1. The minimum absolute atomic E-state index is 0.242. The molecule has 1 amide bonds. The summed E-state index contributed by atoms with van der Waals surface area (Å²) < 4.78 is 13.2. The molecule has 0 atom stereocenters. The van der Waals surface area contributed by atoms with Crippen LogP contribution in [-0.2, 0) is 0 Å². The van der Waals surface area contributed by atoms with E-state index in [-0.39, 0.29) is 16.5 Å². The van der Waals surface area contributed by atoms with Crippen LogP contribution in [0.3, 0.4) is 0 Å². The highest BCUT2D eigenvalue weighted by atomic mass is 35.5. The van der Waals surface area contributed by atoms with Gasteiger partial charge in [-0.1, -0.05) is 18.5 Å². The predicted molar refractivity (Wildman–Crippen MR) is 78.6 cm³/mol. The molecule has 0 saturated carbocycles. The molecule has 110 valence electrons. The van der Waals surface area contributed by atoms with Gasteiger partial charge in [0.15, 0.2) is 0 Å². The van der Waals surface area contributed by atoms with Crippen LogP contribution in [0.4, 0.5) is 4.39 Å². The van der Waals surface area contributed by atoms with E-state index in [0.29, 0.717) is 12.5 Å². The number of carbonyl (C=O) groups is 1. The highest BCUT2D eigenvalue weighted by Crippen LogP contribution is 2.17. The maximum Gasteiger partial charge on any atom is 0.251 e. The minimum atomic E-state index is -0.487. The van der Waals surface area contributed by atoms with Gasteiger partial charge in [-0.15, -0.1) is 0 Å². The normalized spacial score (nSPS) is 17.1. The maximum absolute atomic E-state index is 13.2. The molecule has 0 radical (unpaired) electrons. The SMILES string of the molecule is CCN1CCC(CNC(=O)c2cc(F)cc(Cl)c2)CC1. The summed E-state index contributed by atoms with van der Waals surface area (Å²) in [5, 5.41) is 3.12. The Morgan fingerprint density at radius 1 is 1.40 bits per heavy atom. The quantitative estimate of drug-likeness (QED) is 0.927. The number of halogens is 2. The molecule has 20 heavy (non-hydrogen) atoms. The zero-order chi connectivity index (χ0) is 14.5. The lowest BCUT2D eigenvalue weighted by molar-refractivity contribution is 0.0936. The fourth-order valence-corrected chi connectivity index (χ4v) is 2.75. The summed E-state index contributed by atoms with van der Waals surface area (Å²) in [6, 6.07) is 3.89. The molecule has 2 rings (SSSR count). The van der Waals surface area contributed by atoms with Gasteiger partial charge in [-0.3, -0.25) is 4.79 Å². The summed E-state index contributed by atoms with van der Waals surface area (Å²) in [5.41, 5.74) is 0.279. The largest absolute Gasteiger partial charge is 0.352 e. The maximum atomic E-state index is 13.2. The van der Waals surface area contributed by atoms with E-state index in [4.69, 9.17) is 11.6 Å². The van der Waals surface area contributed by atoms with E-state index in [0.717, 1.165) is 32.5 Å². The summed E-state index contributed by atoms with van der Waals surface area (Å²) in [6.45, 7) is 6.06. The molecule has 1 saturated heterocycles. The van der Waals surface area contributed by atoms with Crippen molar-refractivity contribution in [2.75, 3.05) is 26.2 Å². The van der Waals surface area contributed by atoms with E-state index in [1.54, 1.807) is 0 Å². The molecule has 1 fully saturated rings. The molecule has 1 aliphatic rings. The van der Waals surface area contributed by atoms with Crippen LogP contribution in [0.1, 0.15) is 30.1 Å². The Hall–Kier alpha value is -1.13. The van der Waals surface area contributed by atoms with E-state index in [1.807, 2.05) is 0 Å². The Labute approximate surface area is 124 Å². The van der Waals surface area contributed by atoms with Gasteiger partial charge in [-0.25, -0.2) is 4.39 Å².